The second-order valence-corrected chi connectivity index (χ2v) is 12.3. The summed E-state index contributed by atoms with van der Waals surface area (Å²) in [6, 6.07) is 4.87. The standard InChI is InChI=1S/C29H30F5NO6/c1-25-8-7-17(37)10-21(25)22(30)11-20-19-9-15-13-35(16-3-5-18(6-4-16)40-29(32,33)34)41-28(15,24(39)14-36)26(19,2)12-23(38)27(20,25)31/h3-8,10,15,19-20,22-23,36,38H,9,11-14H2,1-2H3/t15-,19-,20-,22-,23-,25-,26-,27-,28-/m0/s1. The number of halogens is 5. The molecule has 1 aromatic carbocycles. The number of aliphatic hydroxyl groups excluding tert-OH is 2. The number of hydrogen-bond acceptors (Lipinski definition) is 7. The second-order valence-electron chi connectivity index (χ2n) is 12.3. The minimum atomic E-state index is -4.87. The number of ketones is 2. The summed E-state index contributed by atoms with van der Waals surface area (Å²) in [5.41, 5.74) is -6.52. The highest BCUT2D eigenvalue weighted by molar-refractivity contribution is 6.01. The number of allylic oxidation sites excluding steroid dienone is 4. The van der Waals surface area contributed by atoms with Crippen molar-refractivity contribution in [3.8, 4) is 5.75 Å². The molecular formula is C29H30F5NO6. The van der Waals surface area contributed by atoms with Crippen molar-refractivity contribution in [2.24, 2.45) is 28.6 Å². The van der Waals surface area contributed by atoms with Crippen molar-refractivity contribution in [2.75, 3.05) is 18.2 Å². The lowest BCUT2D eigenvalue weighted by molar-refractivity contribution is -0.274. The zero-order valence-corrected chi connectivity index (χ0v) is 22.3. The van der Waals surface area contributed by atoms with E-state index < -0.39 is 82.4 Å². The van der Waals surface area contributed by atoms with Crippen LogP contribution < -0.4 is 9.80 Å². The molecule has 0 bridgehead atoms. The molecule has 4 aliphatic carbocycles. The molecule has 1 heterocycles. The number of alkyl halides is 5. The number of fused-ring (bicyclic) bond motifs is 7. The summed E-state index contributed by atoms with van der Waals surface area (Å²) in [5, 5.41) is 22.9. The van der Waals surface area contributed by atoms with Crippen molar-refractivity contribution in [1.82, 2.24) is 0 Å². The average Bonchev–Trinajstić information content (AvgIpc) is 3.39. The van der Waals surface area contributed by atoms with E-state index in [0.717, 1.165) is 18.2 Å². The summed E-state index contributed by atoms with van der Waals surface area (Å²) in [5.74, 6) is -3.81. The van der Waals surface area contributed by atoms with Gasteiger partial charge in [0.15, 0.2) is 22.8 Å². The number of aliphatic hydroxyl groups is 2. The van der Waals surface area contributed by atoms with Crippen LogP contribution in [0.2, 0.25) is 0 Å². The quantitative estimate of drug-likeness (QED) is 0.514. The molecule has 5 aliphatic rings. The monoisotopic (exact) mass is 583 g/mol. The van der Waals surface area contributed by atoms with Gasteiger partial charge in [0.2, 0.25) is 0 Å². The maximum Gasteiger partial charge on any atom is 0.573 e. The van der Waals surface area contributed by atoms with Gasteiger partial charge in [0.25, 0.3) is 0 Å². The number of hydrogen-bond donors (Lipinski definition) is 2. The third kappa shape index (κ3) is 3.65. The Kier molecular flexibility index (Phi) is 6.10. The minimum Gasteiger partial charge on any atom is -0.406 e. The first kappa shape index (κ1) is 28.3. The van der Waals surface area contributed by atoms with E-state index in [1.807, 2.05) is 0 Å². The summed E-state index contributed by atoms with van der Waals surface area (Å²) in [4.78, 5) is 31.9. The van der Waals surface area contributed by atoms with Gasteiger partial charge in [-0.1, -0.05) is 13.0 Å². The Balaban J connectivity index is 1.37. The lowest BCUT2D eigenvalue weighted by Gasteiger charge is -2.63. The molecule has 1 aromatic rings. The molecule has 7 nitrogen and oxygen atoms in total. The Labute approximate surface area is 232 Å². The first-order valence-corrected chi connectivity index (χ1v) is 13.5. The van der Waals surface area contributed by atoms with Crippen LogP contribution in [0.4, 0.5) is 27.6 Å². The van der Waals surface area contributed by atoms with Crippen LogP contribution in [-0.2, 0) is 14.4 Å². The molecule has 1 saturated heterocycles. The molecule has 12 heteroatoms. The molecule has 0 radical (unpaired) electrons. The van der Waals surface area contributed by atoms with E-state index in [1.54, 1.807) is 6.92 Å². The van der Waals surface area contributed by atoms with E-state index in [-0.39, 0.29) is 31.4 Å². The van der Waals surface area contributed by atoms with E-state index in [1.165, 1.54) is 36.3 Å². The van der Waals surface area contributed by atoms with Crippen molar-refractivity contribution in [3.05, 3.63) is 48.1 Å². The van der Waals surface area contributed by atoms with Gasteiger partial charge in [-0.15, -0.1) is 13.2 Å². The van der Waals surface area contributed by atoms with Gasteiger partial charge in [-0.25, -0.2) is 8.78 Å². The Morgan fingerprint density at radius 3 is 2.49 bits per heavy atom. The number of Topliss-reactive ketones (excluding diaryl/α,β-unsaturated/α-hetero) is 1. The third-order valence-corrected chi connectivity index (χ3v) is 10.5. The molecule has 0 unspecified atom stereocenters. The molecule has 0 amide bonds. The van der Waals surface area contributed by atoms with E-state index in [0.29, 0.717) is 5.69 Å². The maximum absolute atomic E-state index is 17.4. The molecule has 3 saturated carbocycles. The predicted molar refractivity (Wildman–Crippen MR) is 134 cm³/mol. The number of hydroxylamine groups is 1. The van der Waals surface area contributed by atoms with Crippen molar-refractivity contribution in [2.45, 2.75) is 63.0 Å². The van der Waals surface area contributed by atoms with Crippen LogP contribution in [0.5, 0.6) is 5.75 Å². The fourth-order valence-corrected chi connectivity index (χ4v) is 8.83. The number of carbonyl (C=O) groups is 2. The first-order valence-electron chi connectivity index (χ1n) is 13.5. The van der Waals surface area contributed by atoms with E-state index in [4.69, 9.17) is 4.84 Å². The molecule has 9 atom stereocenters. The van der Waals surface area contributed by atoms with Gasteiger partial charge in [-0.3, -0.25) is 19.5 Å². The number of ether oxygens (including phenoxy) is 1. The smallest absolute Gasteiger partial charge is 0.406 e. The van der Waals surface area contributed by atoms with Crippen LogP contribution in [0.25, 0.3) is 0 Å². The zero-order valence-electron chi connectivity index (χ0n) is 22.3. The number of nitrogens with zero attached hydrogens (tertiary/aromatic N) is 1. The maximum atomic E-state index is 17.4. The molecule has 0 aromatic heterocycles. The van der Waals surface area contributed by atoms with E-state index in [9.17, 15) is 33.0 Å². The highest BCUT2D eigenvalue weighted by Gasteiger charge is 2.79. The normalized spacial score (nSPS) is 43.1. The summed E-state index contributed by atoms with van der Waals surface area (Å²) in [7, 11) is 0. The van der Waals surface area contributed by atoms with Crippen molar-refractivity contribution >= 4 is 17.3 Å². The van der Waals surface area contributed by atoms with E-state index >= 15 is 8.78 Å². The Bertz CT molecular complexity index is 1350. The zero-order chi connectivity index (χ0) is 29.8. The highest BCUT2D eigenvalue weighted by atomic mass is 19.4. The number of benzene rings is 1. The van der Waals surface area contributed by atoms with Crippen molar-refractivity contribution in [3.63, 3.8) is 0 Å². The molecule has 1 aliphatic heterocycles. The van der Waals surface area contributed by atoms with E-state index in [2.05, 4.69) is 4.74 Å². The lowest BCUT2D eigenvalue weighted by Crippen LogP contribution is -2.70. The minimum absolute atomic E-state index is 0.00823. The average molecular weight is 584 g/mol. The largest absolute Gasteiger partial charge is 0.573 e. The van der Waals surface area contributed by atoms with Gasteiger partial charge < -0.3 is 14.9 Å². The fraction of sp³-hybridized carbons (Fsp3) is 0.586. The fourth-order valence-electron chi connectivity index (χ4n) is 8.83. The Morgan fingerprint density at radius 2 is 1.85 bits per heavy atom. The van der Waals surface area contributed by atoms with Crippen molar-refractivity contribution < 1.29 is 51.3 Å². The number of rotatable bonds is 4. The summed E-state index contributed by atoms with van der Waals surface area (Å²) in [6.45, 7) is 2.38. The summed E-state index contributed by atoms with van der Waals surface area (Å²) < 4.78 is 74.8. The van der Waals surface area contributed by atoms with Gasteiger partial charge in [0.05, 0.1) is 18.3 Å². The van der Waals surface area contributed by atoms with Crippen LogP contribution in [-0.4, -0.2) is 64.8 Å². The predicted octanol–water partition coefficient (Wildman–Crippen LogP) is 4.18. The van der Waals surface area contributed by atoms with Crippen LogP contribution in [0.1, 0.15) is 33.1 Å². The van der Waals surface area contributed by atoms with Gasteiger partial charge >= 0.3 is 6.36 Å². The van der Waals surface area contributed by atoms with Gasteiger partial charge in [-0.2, -0.15) is 0 Å². The molecule has 2 N–H and O–H groups in total. The van der Waals surface area contributed by atoms with Crippen LogP contribution >= 0.6 is 0 Å². The SMILES string of the molecule is C[C@]12C=CC(=O)C=C1[C@@H](F)C[C@H]1[C@@H]3C[C@H]4CN(c5ccc(OC(F)(F)F)cc5)O[C@@]4(C(=O)CO)[C@@]3(C)C[C@H](O)[C@@]12F. The highest BCUT2D eigenvalue weighted by Crippen LogP contribution is 2.72. The number of anilines is 1. The molecular weight excluding hydrogens is 553 g/mol. The van der Waals surface area contributed by atoms with Crippen LogP contribution in [0.15, 0.2) is 48.1 Å². The van der Waals surface area contributed by atoms with Gasteiger partial charge in [0, 0.05) is 22.7 Å². The van der Waals surface area contributed by atoms with Gasteiger partial charge in [-0.05, 0) is 74.1 Å². The number of carbonyl (C=O) groups excluding carboxylic acids is 2. The Hall–Kier alpha value is -2.83. The van der Waals surface area contributed by atoms with Crippen LogP contribution in [0.3, 0.4) is 0 Å². The summed E-state index contributed by atoms with van der Waals surface area (Å²) >= 11 is 0. The molecule has 222 valence electrons. The van der Waals surface area contributed by atoms with Crippen LogP contribution in [0, 0.1) is 28.6 Å². The molecule has 6 rings (SSSR count). The summed E-state index contributed by atoms with van der Waals surface area (Å²) in [6.07, 6.45) is -4.85. The second kappa shape index (κ2) is 8.84. The van der Waals surface area contributed by atoms with Crippen molar-refractivity contribution in [1.29, 1.82) is 0 Å². The first-order chi connectivity index (χ1) is 19.1. The van der Waals surface area contributed by atoms with Gasteiger partial charge in [0.1, 0.15) is 18.5 Å². The third-order valence-electron chi connectivity index (χ3n) is 10.5. The Morgan fingerprint density at radius 1 is 1.17 bits per heavy atom. The topological polar surface area (TPSA) is 96.3 Å². The lowest BCUT2D eigenvalue weighted by atomic mass is 9.44. The molecule has 0 spiro atoms. The molecule has 4 fully saturated rings. The molecule has 41 heavy (non-hydrogen) atoms.